The number of aromatic nitrogens is 2. The number of nitrogens with one attached hydrogen (secondary N) is 1. The van der Waals surface area contributed by atoms with Crippen molar-refractivity contribution in [3.63, 3.8) is 0 Å². The molecule has 0 fully saturated rings. The van der Waals surface area contributed by atoms with Crippen molar-refractivity contribution in [3.8, 4) is 0 Å². The Morgan fingerprint density at radius 2 is 2.38 bits per heavy atom. The van der Waals surface area contributed by atoms with Gasteiger partial charge in [0.1, 0.15) is 12.2 Å². The van der Waals surface area contributed by atoms with E-state index in [9.17, 15) is 14.9 Å². The third-order valence-corrected chi connectivity index (χ3v) is 1.90. The molecule has 0 spiro atoms. The first kappa shape index (κ1) is 12.1. The Morgan fingerprint density at radius 1 is 1.75 bits per heavy atom. The number of halogens is 1. The van der Waals surface area contributed by atoms with Gasteiger partial charge in [0.05, 0.1) is 4.92 Å². The van der Waals surface area contributed by atoms with Crippen LogP contribution in [0.15, 0.2) is 6.20 Å². The third-order valence-electron chi connectivity index (χ3n) is 1.72. The van der Waals surface area contributed by atoms with Gasteiger partial charge in [-0.3, -0.25) is 14.9 Å². The fraction of sp³-hybridized carbons (Fsp3) is 0.286. The van der Waals surface area contributed by atoms with Crippen LogP contribution in [0.1, 0.15) is 6.92 Å². The van der Waals surface area contributed by atoms with Crippen LogP contribution in [0.25, 0.3) is 0 Å². The van der Waals surface area contributed by atoms with Crippen LogP contribution in [0.2, 0.25) is 5.28 Å². The molecule has 0 aliphatic heterocycles. The van der Waals surface area contributed by atoms with Gasteiger partial charge in [0, 0.05) is 0 Å². The monoisotopic (exact) mass is 245 g/mol. The highest BCUT2D eigenvalue weighted by molar-refractivity contribution is 6.28. The largest absolute Gasteiger partial charge is 0.368 e. The van der Waals surface area contributed by atoms with Crippen molar-refractivity contribution in [2.75, 3.05) is 5.32 Å². The van der Waals surface area contributed by atoms with E-state index in [1.165, 1.54) is 6.92 Å². The van der Waals surface area contributed by atoms with E-state index in [2.05, 4.69) is 15.3 Å². The van der Waals surface area contributed by atoms with Gasteiger partial charge in [-0.25, -0.2) is 4.98 Å². The van der Waals surface area contributed by atoms with Crippen molar-refractivity contribution < 1.29 is 9.72 Å². The van der Waals surface area contributed by atoms with Crippen molar-refractivity contribution in [1.82, 2.24) is 9.97 Å². The Bertz CT molecular complexity index is 438. The second-order valence-electron chi connectivity index (χ2n) is 2.90. The molecule has 1 aromatic rings. The van der Waals surface area contributed by atoms with Crippen molar-refractivity contribution in [2.24, 2.45) is 5.73 Å². The molecule has 8 nitrogen and oxygen atoms in total. The summed E-state index contributed by atoms with van der Waals surface area (Å²) in [7, 11) is 0. The molecule has 1 unspecified atom stereocenters. The number of carbonyl (C=O) groups is 1. The fourth-order valence-electron chi connectivity index (χ4n) is 0.870. The van der Waals surface area contributed by atoms with Gasteiger partial charge in [0.2, 0.25) is 17.0 Å². The summed E-state index contributed by atoms with van der Waals surface area (Å²) in [5.41, 5.74) is 4.62. The Kier molecular flexibility index (Phi) is 3.56. The molecule has 9 heteroatoms. The number of nitrogens with zero attached hydrogens (tertiary/aromatic N) is 3. The number of hydrogen-bond acceptors (Lipinski definition) is 6. The summed E-state index contributed by atoms with van der Waals surface area (Å²) in [5, 5.41) is 12.9. The SMILES string of the molecule is CC(Nc1nc(Cl)ncc1[N+](=O)[O-])C(N)=O. The van der Waals surface area contributed by atoms with Gasteiger partial charge in [0.25, 0.3) is 0 Å². The molecule has 16 heavy (non-hydrogen) atoms. The van der Waals surface area contributed by atoms with Gasteiger partial charge in [-0.1, -0.05) is 0 Å². The zero-order valence-corrected chi connectivity index (χ0v) is 8.93. The van der Waals surface area contributed by atoms with Crippen molar-refractivity contribution >= 4 is 29.0 Å². The molecular formula is C7H8ClN5O3. The molecule has 0 saturated carbocycles. The smallest absolute Gasteiger partial charge is 0.329 e. The number of anilines is 1. The second-order valence-corrected chi connectivity index (χ2v) is 3.24. The minimum atomic E-state index is -0.801. The lowest BCUT2D eigenvalue weighted by Gasteiger charge is -2.10. The highest BCUT2D eigenvalue weighted by Gasteiger charge is 2.20. The summed E-state index contributed by atoms with van der Waals surface area (Å²) < 4.78 is 0. The maximum absolute atomic E-state index is 10.8. The van der Waals surface area contributed by atoms with Gasteiger partial charge < -0.3 is 11.1 Å². The topological polar surface area (TPSA) is 124 Å². The highest BCUT2D eigenvalue weighted by Crippen LogP contribution is 2.22. The van der Waals surface area contributed by atoms with E-state index in [4.69, 9.17) is 17.3 Å². The summed E-state index contributed by atoms with van der Waals surface area (Å²) in [4.78, 5) is 27.8. The average Bonchev–Trinajstić information content (AvgIpc) is 2.16. The predicted molar refractivity (Wildman–Crippen MR) is 56.0 cm³/mol. The van der Waals surface area contributed by atoms with E-state index >= 15 is 0 Å². The first-order valence-corrected chi connectivity index (χ1v) is 4.52. The van der Waals surface area contributed by atoms with Crippen LogP contribution in [0.4, 0.5) is 11.5 Å². The zero-order valence-electron chi connectivity index (χ0n) is 8.18. The molecule has 1 rings (SSSR count). The number of rotatable bonds is 4. The zero-order chi connectivity index (χ0) is 12.3. The molecule has 0 aliphatic rings. The van der Waals surface area contributed by atoms with Crippen molar-refractivity contribution in [1.29, 1.82) is 0 Å². The molecule has 1 atom stereocenters. The molecule has 0 aromatic carbocycles. The lowest BCUT2D eigenvalue weighted by molar-refractivity contribution is -0.384. The summed E-state index contributed by atoms with van der Waals surface area (Å²) in [5.74, 6) is -0.805. The van der Waals surface area contributed by atoms with Gasteiger partial charge >= 0.3 is 5.69 Å². The quantitative estimate of drug-likeness (QED) is 0.447. The normalized spacial score (nSPS) is 11.9. The molecule has 3 N–H and O–H groups in total. The van der Waals surface area contributed by atoms with E-state index in [1.54, 1.807) is 0 Å². The molecule has 1 amide bonds. The Morgan fingerprint density at radius 3 is 2.88 bits per heavy atom. The van der Waals surface area contributed by atoms with E-state index in [0.717, 1.165) is 6.20 Å². The second kappa shape index (κ2) is 4.71. The lowest BCUT2D eigenvalue weighted by atomic mass is 10.3. The van der Waals surface area contributed by atoms with Crippen molar-refractivity contribution in [2.45, 2.75) is 13.0 Å². The maximum atomic E-state index is 10.8. The molecule has 0 bridgehead atoms. The summed E-state index contributed by atoms with van der Waals surface area (Å²) >= 11 is 5.48. The summed E-state index contributed by atoms with van der Waals surface area (Å²) in [6.07, 6.45) is 0.950. The van der Waals surface area contributed by atoms with Crippen LogP contribution in [0, 0.1) is 10.1 Å². The molecule has 0 aliphatic carbocycles. The molecule has 1 aromatic heterocycles. The van der Waals surface area contributed by atoms with Crippen LogP contribution in [-0.2, 0) is 4.79 Å². The van der Waals surface area contributed by atoms with Crippen molar-refractivity contribution in [3.05, 3.63) is 21.6 Å². The number of nitro groups is 1. The molecular weight excluding hydrogens is 238 g/mol. The minimum Gasteiger partial charge on any atom is -0.368 e. The first-order chi connectivity index (χ1) is 7.41. The van der Waals surface area contributed by atoms with Crippen LogP contribution >= 0.6 is 11.6 Å². The highest BCUT2D eigenvalue weighted by atomic mass is 35.5. The Labute approximate surface area is 95.0 Å². The average molecular weight is 246 g/mol. The van der Waals surface area contributed by atoms with E-state index in [0.29, 0.717) is 0 Å². The number of hydrogen-bond donors (Lipinski definition) is 2. The fourth-order valence-corrected chi connectivity index (χ4v) is 1.00. The molecule has 1 heterocycles. The van der Waals surface area contributed by atoms with Gasteiger partial charge in [-0.15, -0.1) is 0 Å². The Hall–Kier alpha value is -1.96. The van der Waals surface area contributed by atoms with Crippen LogP contribution in [-0.4, -0.2) is 26.8 Å². The van der Waals surface area contributed by atoms with E-state index in [-0.39, 0.29) is 16.8 Å². The number of carbonyl (C=O) groups excluding carboxylic acids is 1. The number of amides is 1. The molecule has 86 valence electrons. The maximum Gasteiger partial charge on any atom is 0.329 e. The Balaban J connectivity index is 3.05. The van der Waals surface area contributed by atoms with E-state index < -0.39 is 16.9 Å². The summed E-state index contributed by atoms with van der Waals surface area (Å²) in [6, 6.07) is -0.801. The number of nitrogens with two attached hydrogens (primary N) is 1. The summed E-state index contributed by atoms with van der Waals surface area (Å²) in [6.45, 7) is 1.45. The lowest BCUT2D eigenvalue weighted by Crippen LogP contribution is -2.33. The van der Waals surface area contributed by atoms with Crippen LogP contribution in [0.3, 0.4) is 0 Å². The van der Waals surface area contributed by atoms with Crippen LogP contribution < -0.4 is 11.1 Å². The third kappa shape index (κ3) is 2.76. The standard InChI is InChI=1S/C7H8ClN5O3/c1-3(5(9)14)11-6-4(13(15)16)2-10-7(8)12-6/h2-3H,1H3,(H2,9,14)(H,10,11,12). The van der Waals surface area contributed by atoms with Gasteiger partial charge in [-0.05, 0) is 18.5 Å². The first-order valence-electron chi connectivity index (χ1n) is 4.14. The van der Waals surface area contributed by atoms with Gasteiger partial charge in [0.15, 0.2) is 0 Å². The van der Waals surface area contributed by atoms with E-state index in [1.807, 2.05) is 0 Å². The number of primary amides is 1. The minimum absolute atomic E-state index is 0.142. The van der Waals surface area contributed by atoms with Gasteiger partial charge in [-0.2, -0.15) is 4.98 Å². The molecule has 0 radical (unpaired) electrons. The molecule has 0 saturated heterocycles. The predicted octanol–water partition coefficient (Wildman–Crippen LogP) is 0.324. The van der Waals surface area contributed by atoms with Crippen LogP contribution in [0.5, 0.6) is 0 Å².